The Morgan fingerprint density at radius 3 is 2.31 bits per heavy atom. The Morgan fingerprint density at radius 2 is 2.00 bits per heavy atom. The van der Waals surface area contributed by atoms with Crippen LogP contribution >= 0.6 is 46.1 Å². The third kappa shape index (κ3) is 5.00. The van der Waals surface area contributed by atoms with E-state index in [1.54, 1.807) is 11.3 Å². The number of halogens is 3. The second-order valence-electron chi connectivity index (χ2n) is 3.39. The summed E-state index contributed by atoms with van der Waals surface area (Å²) in [6, 6.07) is 0. The maximum atomic E-state index is 9.92. The number of carbonyl (C=O) groups is 1. The van der Waals surface area contributed by atoms with Gasteiger partial charge in [0.2, 0.25) is 0 Å². The van der Waals surface area contributed by atoms with E-state index >= 15 is 0 Å². The maximum absolute atomic E-state index is 9.92. The average molecular weight is 301 g/mol. The number of nitrogens with zero attached hydrogens (tertiary/aromatic N) is 1. The minimum Gasteiger partial charge on any atom is -0.297 e. The molecule has 1 saturated carbocycles. The number of alkyl halides is 3. The molecule has 16 heavy (non-hydrogen) atoms. The standard InChI is InChI=1S/C7H8ClNS.C3H4Cl2O/c8-3-6-4-10-7(9-6)5-1-2-5;4-1-3(6)2-5/h4-5H,1-3H2;1-2H2. The van der Waals surface area contributed by atoms with Crippen LogP contribution in [0.1, 0.15) is 29.5 Å². The third-order valence-electron chi connectivity index (χ3n) is 1.93. The van der Waals surface area contributed by atoms with Crippen molar-refractivity contribution in [1.82, 2.24) is 4.98 Å². The second-order valence-corrected chi connectivity index (χ2v) is 5.08. The van der Waals surface area contributed by atoms with Crippen LogP contribution < -0.4 is 0 Å². The van der Waals surface area contributed by atoms with Crippen molar-refractivity contribution < 1.29 is 4.79 Å². The minimum atomic E-state index is -0.127. The van der Waals surface area contributed by atoms with Crippen LogP contribution in [0.4, 0.5) is 0 Å². The largest absolute Gasteiger partial charge is 0.297 e. The fourth-order valence-electron chi connectivity index (χ4n) is 0.938. The van der Waals surface area contributed by atoms with Gasteiger partial charge in [-0.3, -0.25) is 4.79 Å². The number of rotatable bonds is 4. The third-order valence-corrected chi connectivity index (χ3v) is 3.86. The summed E-state index contributed by atoms with van der Waals surface area (Å²) in [6.45, 7) is 0. The minimum absolute atomic E-state index is 0.0312. The summed E-state index contributed by atoms with van der Waals surface area (Å²) in [6.07, 6.45) is 2.66. The van der Waals surface area contributed by atoms with Crippen molar-refractivity contribution >= 4 is 51.9 Å². The number of carbonyl (C=O) groups excluding carboxylic acids is 1. The van der Waals surface area contributed by atoms with Gasteiger partial charge >= 0.3 is 0 Å². The van der Waals surface area contributed by atoms with Crippen molar-refractivity contribution in [3.63, 3.8) is 0 Å². The Hall–Kier alpha value is 0.170. The molecule has 2 nitrogen and oxygen atoms in total. The highest BCUT2D eigenvalue weighted by molar-refractivity contribution is 7.09. The summed E-state index contributed by atoms with van der Waals surface area (Å²) in [5.41, 5.74) is 1.04. The molecule has 1 aromatic rings. The molecule has 0 atom stereocenters. The van der Waals surface area contributed by atoms with E-state index in [-0.39, 0.29) is 17.5 Å². The van der Waals surface area contributed by atoms with Crippen molar-refractivity contribution in [1.29, 1.82) is 0 Å². The first kappa shape index (κ1) is 14.2. The highest BCUT2D eigenvalue weighted by Gasteiger charge is 2.26. The molecular weight excluding hydrogens is 289 g/mol. The van der Waals surface area contributed by atoms with Gasteiger partial charge in [0.1, 0.15) is 0 Å². The molecule has 0 N–H and O–H groups in total. The van der Waals surface area contributed by atoms with E-state index in [0.717, 1.165) is 11.6 Å². The van der Waals surface area contributed by atoms with Gasteiger partial charge in [0.15, 0.2) is 5.78 Å². The number of aromatic nitrogens is 1. The topological polar surface area (TPSA) is 30.0 Å². The van der Waals surface area contributed by atoms with Crippen LogP contribution in [0.5, 0.6) is 0 Å². The van der Waals surface area contributed by atoms with Crippen molar-refractivity contribution in [3.05, 3.63) is 16.1 Å². The van der Waals surface area contributed by atoms with Gasteiger partial charge in [-0.2, -0.15) is 0 Å². The van der Waals surface area contributed by atoms with Gasteiger partial charge in [0.25, 0.3) is 0 Å². The molecule has 90 valence electrons. The highest BCUT2D eigenvalue weighted by Crippen LogP contribution is 2.41. The Kier molecular flexibility index (Phi) is 6.66. The Morgan fingerprint density at radius 1 is 1.38 bits per heavy atom. The van der Waals surface area contributed by atoms with E-state index in [1.165, 1.54) is 17.8 Å². The van der Waals surface area contributed by atoms with E-state index in [9.17, 15) is 4.79 Å². The molecule has 0 radical (unpaired) electrons. The summed E-state index contributed by atoms with van der Waals surface area (Å²) < 4.78 is 0. The van der Waals surface area contributed by atoms with Crippen LogP contribution in [0.3, 0.4) is 0 Å². The molecule has 1 aromatic heterocycles. The zero-order valence-corrected chi connectivity index (χ0v) is 11.7. The number of thiazole rings is 1. The molecule has 0 aromatic carbocycles. The Bertz CT molecular complexity index is 333. The zero-order valence-electron chi connectivity index (χ0n) is 8.59. The molecule has 0 unspecified atom stereocenters. The number of ketones is 1. The van der Waals surface area contributed by atoms with Crippen molar-refractivity contribution in [2.75, 3.05) is 11.8 Å². The Balaban J connectivity index is 0.000000187. The van der Waals surface area contributed by atoms with E-state index in [0.29, 0.717) is 5.88 Å². The molecule has 1 fully saturated rings. The van der Waals surface area contributed by atoms with Gasteiger partial charge in [-0.05, 0) is 12.8 Å². The first-order chi connectivity index (χ1) is 7.71. The average Bonchev–Trinajstić information content (AvgIpc) is 3.07. The molecule has 1 aliphatic carbocycles. The smallest absolute Gasteiger partial charge is 0.162 e. The van der Waals surface area contributed by atoms with E-state index in [2.05, 4.69) is 10.4 Å². The Labute approximate surface area is 114 Å². The van der Waals surface area contributed by atoms with Gasteiger partial charge < -0.3 is 0 Å². The fourth-order valence-corrected chi connectivity index (χ4v) is 2.44. The lowest BCUT2D eigenvalue weighted by Gasteiger charge is -1.84. The van der Waals surface area contributed by atoms with Gasteiger partial charge in [0, 0.05) is 11.3 Å². The molecule has 6 heteroatoms. The monoisotopic (exact) mass is 299 g/mol. The predicted molar refractivity (Wildman–Crippen MR) is 70.1 cm³/mol. The molecule has 0 saturated heterocycles. The van der Waals surface area contributed by atoms with Crippen LogP contribution in [0.15, 0.2) is 5.38 Å². The molecular formula is C10H12Cl3NOS. The first-order valence-electron chi connectivity index (χ1n) is 4.85. The SMILES string of the molecule is ClCc1csc(C2CC2)n1.O=C(CCl)CCl. The summed E-state index contributed by atoms with van der Waals surface area (Å²) in [5.74, 6) is 1.27. The first-order valence-corrected chi connectivity index (χ1v) is 7.33. The fraction of sp³-hybridized carbons (Fsp3) is 0.600. The molecule has 1 heterocycles. The lowest BCUT2D eigenvalue weighted by molar-refractivity contribution is -0.114. The van der Waals surface area contributed by atoms with Crippen LogP contribution in [-0.2, 0) is 10.7 Å². The van der Waals surface area contributed by atoms with Gasteiger partial charge in [0.05, 0.1) is 28.3 Å². The van der Waals surface area contributed by atoms with E-state index in [4.69, 9.17) is 34.8 Å². The molecule has 0 amide bonds. The molecule has 0 bridgehead atoms. The molecule has 0 aliphatic heterocycles. The normalized spacial score (nSPS) is 14.2. The number of Topliss-reactive ketones (excluding diaryl/α,β-unsaturated/α-hetero) is 1. The summed E-state index contributed by atoms with van der Waals surface area (Å²) in [7, 11) is 0. The van der Waals surface area contributed by atoms with E-state index in [1.807, 2.05) is 0 Å². The lowest BCUT2D eigenvalue weighted by Crippen LogP contribution is -1.98. The van der Waals surface area contributed by atoms with Crippen molar-refractivity contribution in [2.24, 2.45) is 0 Å². The summed E-state index contributed by atoms with van der Waals surface area (Å²) in [5, 5.41) is 3.34. The summed E-state index contributed by atoms with van der Waals surface area (Å²) >= 11 is 17.4. The van der Waals surface area contributed by atoms with Gasteiger partial charge in [-0.1, -0.05) is 0 Å². The van der Waals surface area contributed by atoms with Crippen molar-refractivity contribution in [2.45, 2.75) is 24.6 Å². The van der Waals surface area contributed by atoms with Gasteiger partial charge in [-0.25, -0.2) is 4.98 Å². The summed E-state index contributed by atoms with van der Waals surface area (Å²) in [4.78, 5) is 14.3. The second kappa shape index (κ2) is 7.49. The molecule has 0 spiro atoms. The quantitative estimate of drug-likeness (QED) is 0.792. The number of hydrogen-bond donors (Lipinski definition) is 0. The van der Waals surface area contributed by atoms with Crippen molar-refractivity contribution in [3.8, 4) is 0 Å². The number of hydrogen-bond acceptors (Lipinski definition) is 3. The van der Waals surface area contributed by atoms with Crippen LogP contribution in [0.2, 0.25) is 0 Å². The lowest BCUT2D eigenvalue weighted by atomic mass is 10.4. The van der Waals surface area contributed by atoms with Gasteiger partial charge in [-0.15, -0.1) is 46.1 Å². The highest BCUT2D eigenvalue weighted by atomic mass is 35.5. The molecule has 1 aliphatic rings. The van der Waals surface area contributed by atoms with Crippen LogP contribution in [-0.4, -0.2) is 22.5 Å². The van der Waals surface area contributed by atoms with Crippen LogP contribution in [0.25, 0.3) is 0 Å². The molecule has 2 rings (SSSR count). The zero-order chi connectivity index (χ0) is 12.0. The predicted octanol–water partition coefficient (Wildman–Crippen LogP) is 3.79. The van der Waals surface area contributed by atoms with E-state index < -0.39 is 0 Å². The van der Waals surface area contributed by atoms with Crippen LogP contribution in [0, 0.1) is 0 Å². The maximum Gasteiger partial charge on any atom is 0.162 e.